The lowest BCUT2D eigenvalue weighted by molar-refractivity contribution is -0.121. The van der Waals surface area contributed by atoms with Gasteiger partial charge in [0.1, 0.15) is 0 Å². The van der Waals surface area contributed by atoms with Crippen LogP contribution in [0.3, 0.4) is 0 Å². The smallest absolute Gasteiger partial charge is 0.224 e. The summed E-state index contributed by atoms with van der Waals surface area (Å²) < 4.78 is 0. The van der Waals surface area contributed by atoms with Crippen LogP contribution in [0.4, 0.5) is 0 Å². The fourth-order valence-electron chi connectivity index (χ4n) is 2.27. The van der Waals surface area contributed by atoms with E-state index in [0.717, 1.165) is 38.0 Å². The lowest BCUT2D eigenvalue weighted by Gasteiger charge is -2.34. The SMILES string of the molecule is CC1(CNC(=O)Cc2ccncc2)CCNCC1. The van der Waals surface area contributed by atoms with Gasteiger partial charge >= 0.3 is 0 Å². The molecule has 0 aliphatic carbocycles. The van der Waals surface area contributed by atoms with Crippen molar-refractivity contribution in [3.05, 3.63) is 30.1 Å². The van der Waals surface area contributed by atoms with Gasteiger partial charge in [-0.25, -0.2) is 0 Å². The highest BCUT2D eigenvalue weighted by atomic mass is 16.1. The normalized spacial score (nSPS) is 18.3. The van der Waals surface area contributed by atoms with Crippen LogP contribution < -0.4 is 10.6 Å². The number of piperidine rings is 1. The Labute approximate surface area is 108 Å². The summed E-state index contributed by atoms with van der Waals surface area (Å²) in [6, 6.07) is 3.76. The quantitative estimate of drug-likeness (QED) is 0.838. The van der Waals surface area contributed by atoms with Crippen LogP contribution in [0.1, 0.15) is 25.3 Å². The number of amides is 1. The Morgan fingerprint density at radius 1 is 1.39 bits per heavy atom. The van der Waals surface area contributed by atoms with Crippen LogP contribution in [-0.2, 0) is 11.2 Å². The number of carbonyl (C=O) groups excluding carboxylic acids is 1. The van der Waals surface area contributed by atoms with Crippen LogP contribution in [0.2, 0.25) is 0 Å². The third kappa shape index (κ3) is 3.81. The van der Waals surface area contributed by atoms with Crippen molar-refractivity contribution in [2.75, 3.05) is 19.6 Å². The standard InChI is InChI=1S/C14H21N3O/c1-14(4-8-16-9-5-14)11-17-13(18)10-12-2-6-15-7-3-12/h2-3,6-7,16H,4-5,8-11H2,1H3,(H,17,18). The van der Waals surface area contributed by atoms with E-state index in [4.69, 9.17) is 0 Å². The Kier molecular flexibility index (Phi) is 4.31. The van der Waals surface area contributed by atoms with E-state index < -0.39 is 0 Å². The van der Waals surface area contributed by atoms with E-state index in [1.54, 1.807) is 12.4 Å². The van der Waals surface area contributed by atoms with Gasteiger partial charge in [-0.05, 0) is 49.0 Å². The van der Waals surface area contributed by atoms with E-state index in [1.165, 1.54) is 0 Å². The van der Waals surface area contributed by atoms with Crippen LogP contribution in [-0.4, -0.2) is 30.5 Å². The molecule has 2 N–H and O–H groups in total. The largest absolute Gasteiger partial charge is 0.355 e. The first-order valence-corrected chi connectivity index (χ1v) is 6.54. The average Bonchev–Trinajstić information content (AvgIpc) is 2.39. The molecule has 0 atom stereocenters. The highest BCUT2D eigenvalue weighted by Gasteiger charge is 2.26. The molecule has 18 heavy (non-hydrogen) atoms. The van der Waals surface area contributed by atoms with Gasteiger partial charge in [0.05, 0.1) is 6.42 Å². The Morgan fingerprint density at radius 3 is 2.72 bits per heavy atom. The zero-order valence-corrected chi connectivity index (χ0v) is 10.9. The molecule has 0 bridgehead atoms. The number of rotatable bonds is 4. The number of carbonyl (C=O) groups is 1. The van der Waals surface area contributed by atoms with Gasteiger partial charge in [0, 0.05) is 18.9 Å². The van der Waals surface area contributed by atoms with Gasteiger partial charge in [-0.15, -0.1) is 0 Å². The second-order valence-electron chi connectivity index (χ2n) is 5.37. The lowest BCUT2D eigenvalue weighted by atomic mass is 9.81. The van der Waals surface area contributed by atoms with Crippen LogP contribution in [0.15, 0.2) is 24.5 Å². The van der Waals surface area contributed by atoms with Crippen molar-refractivity contribution >= 4 is 5.91 Å². The van der Waals surface area contributed by atoms with Crippen molar-refractivity contribution in [2.24, 2.45) is 5.41 Å². The number of aromatic nitrogens is 1. The summed E-state index contributed by atoms with van der Waals surface area (Å²) in [6.45, 7) is 5.13. The van der Waals surface area contributed by atoms with Crippen LogP contribution in [0.5, 0.6) is 0 Å². The van der Waals surface area contributed by atoms with E-state index in [9.17, 15) is 4.79 Å². The third-order valence-corrected chi connectivity index (χ3v) is 3.64. The fraction of sp³-hybridized carbons (Fsp3) is 0.571. The van der Waals surface area contributed by atoms with E-state index in [-0.39, 0.29) is 11.3 Å². The van der Waals surface area contributed by atoms with Crippen LogP contribution >= 0.6 is 0 Å². The van der Waals surface area contributed by atoms with Crippen LogP contribution in [0, 0.1) is 5.41 Å². The predicted molar refractivity (Wildman–Crippen MR) is 71.2 cm³/mol. The molecule has 1 amide bonds. The highest BCUT2D eigenvalue weighted by Crippen LogP contribution is 2.26. The molecule has 4 nitrogen and oxygen atoms in total. The molecule has 1 aromatic heterocycles. The summed E-state index contributed by atoms with van der Waals surface area (Å²) in [4.78, 5) is 15.8. The molecule has 1 aliphatic heterocycles. The molecule has 0 spiro atoms. The minimum Gasteiger partial charge on any atom is -0.355 e. The molecule has 0 radical (unpaired) electrons. The summed E-state index contributed by atoms with van der Waals surface area (Å²) in [5.74, 6) is 0.0981. The summed E-state index contributed by atoms with van der Waals surface area (Å²) in [6.07, 6.45) is 6.13. The summed E-state index contributed by atoms with van der Waals surface area (Å²) >= 11 is 0. The maximum atomic E-state index is 11.9. The van der Waals surface area contributed by atoms with E-state index in [2.05, 4.69) is 22.5 Å². The number of hydrogen-bond donors (Lipinski definition) is 2. The maximum absolute atomic E-state index is 11.9. The third-order valence-electron chi connectivity index (χ3n) is 3.64. The summed E-state index contributed by atoms with van der Waals surface area (Å²) in [7, 11) is 0. The van der Waals surface area contributed by atoms with Crippen LogP contribution in [0.25, 0.3) is 0 Å². The van der Waals surface area contributed by atoms with Gasteiger partial charge in [0.2, 0.25) is 5.91 Å². The first-order valence-electron chi connectivity index (χ1n) is 6.54. The van der Waals surface area contributed by atoms with Gasteiger partial charge in [-0.2, -0.15) is 0 Å². The first-order chi connectivity index (χ1) is 8.68. The number of hydrogen-bond acceptors (Lipinski definition) is 3. The molecule has 1 aliphatic rings. The molecule has 2 rings (SSSR count). The molecular formula is C14H21N3O. The Bertz CT molecular complexity index is 385. The van der Waals surface area contributed by atoms with Crippen molar-refractivity contribution in [2.45, 2.75) is 26.2 Å². The van der Waals surface area contributed by atoms with Crippen molar-refractivity contribution in [1.29, 1.82) is 0 Å². The molecule has 2 heterocycles. The highest BCUT2D eigenvalue weighted by molar-refractivity contribution is 5.78. The molecule has 1 saturated heterocycles. The van der Waals surface area contributed by atoms with Gasteiger partial charge in [0.15, 0.2) is 0 Å². The van der Waals surface area contributed by atoms with Gasteiger partial charge in [-0.1, -0.05) is 6.92 Å². The van der Waals surface area contributed by atoms with Gasteiger partial charge in [0.25, 0.3) is 0 Å². The number of nitrogens with one attached hydrogen (secondary N) is 2. The number of nitrogens with zero attached hydrogens (tertiary/aromatic N) is 1. The predicted octanol–water partition coefficient (Wildman–Crippen LogP) is 1.13. The summed E-state index contributed by atoms with van der Waals surface area (Å²) in [5, 5.41) is 6.40. The fourth-order valence-corrected chi connectivity index (χ4v) is 2.27. The molecule has 4 heteroatoms. The minimum absolute atomic E-state index is 0.0981. The molecule has 0 aromatic carbocycles. The molecule has 98 valence electrons. The Hall–Kier alpha value is -1.42. The summed E-state index contributed by atoms with van der Waals surface area (Å²) in [5.41, 5.74) is 1.26. The van der Waals surface area contributed by atoms with Crippen molar-refractivity contribution in [3.63, 3.8) is 0 Å². The minimum atomic E-state index is 0.0981. The maximum Gasteiger partial charge on any atom is 0.224 e. The number of pyridine rings is 1. The molecule has 1 aromatic rings. The topological polar surface area (TPSA) is 54.0 Å². The zero-order valence-electron chi connectivity index (χ0n) is 10.9. The Morgan fingerprint density at radius 2 is 2.06 bits per heavy atom. The van der Waals surface area contributed by atoms with Gasteiger partial charge in [-0.3, -0.25) is 9.78 Å². The van der Waals surface area contributed by atoms with Crippen molar-refractivity contribution in [3.8, 4) is 0 Å². The molecule has 1 fully saturated rings. The van der Waals surface area contributed by atoms with Crippen molar-refractivity contribution in [1.82, 2.24) is 15.6 Å². The van der Waals surface area contributed by atoms with E-state index in [0.29, 0.717) is 6.42 Å². The monoisotopic (exact) mass is 247 g/mol. The Balaban J connectivity index is 1.78. The lowest BCUT2D eigenvalue weighted by Crippen LogP contribution is -2.43. The second-order valence-corrected chi connectivity index (χ2v) is 5.37. The second kappa shape index (κ2) is 5.96. The zero-order chi connectivity index (χ0) is 12.8. The molecular weight excluding hydrogens is 226 g/mol. The molecule has 0 saturated carbocycles. The van der Waals surface area contributed by atoms with Gasteiger partial charge < -0.3 is 10.6 Å². The van der Waals surface area contributed by atoms with E-state index in [1.807, 2.05) is 12.1 Å². The average molecular weight is 247 g/mol. The first kappa shape index (κ1) is 13.0. The van der Waals surface area contributed by atoms with E-state index >= 15 is 0 Å². The molecule has 0 unspecified atom stereocenters. The van der Waals surface area contributed by atoms with Crippen molar-refractivity contribution < 1.29 is 4.79 Å².